The van der Waals surface area contributed by atoms with Crippen LogP contribution in [-0.2, 0) is 4.74 Å². The fourth-order valence-corrected chi connectivity index (χ4v) is 2.44. The van der Waals surface area contributed by atoms with Crippen molar-refractivity contribution in [2.24, 2.45) is 0 Å². The Labute approximate surface area is 132 Å². The van der Waals surface area contributed by atoms with E-state index < -0.39 is 5.97 Å². The number of aryl methyl sites for hydroxylation is 1. The number of nitrogens with one attached hydrogen (secondary N) is 2. The minimum atomic E-state index is -0.393. The number of aromatic nitrogens is 1. The third-order valence-electron chi connectivity index (χ3n) is 3.75. The first kappa shape index (κ1) is 18.2. The van der Waals surface area contributed by atoms with Crippen LogP contribution in [0.15, 0.2) is 0 Å². The number of amides is 1. The van der Waals surface area contributed by atoms with Gasteiger partial charge in [0.15, 0.2) is 0 Å². The molecule has 0 fully saturated rings. The third-order valence-corrected chi connectivity index (χ3v) is 3.75. The Morgan fingerprint density at radius 1 is 1.18 bits per heavy atom. The summed E-state index contributed by atoms with van der Waals surface area (Å²) >= 11 is 0. The fourth-order valence-electron chi connectivity index (χ4n) is 2.44. The lowest BCUT2D eigenvalue weighted by Gasteiger charge is -2.17. The van der Waals surface area contributed by atoms with E-state index in [9.17, 15) is 9.59 Å². The normalized spacial score (nSPS) is 10.8. The van der Waals surface area contributed by atoms with Gasteiger partial charge in [-0.15, -0.1) is 0 Å². The van der Waals surface area contributed by atoms with Crippen LogP contribution in [0.1, 0.15) is 52.9 Å². The smallest absolute Gasteiger partial charge is 0.340 e. The van der Waals surface area contributed by atoms with E-state index in [1.165, 1.54) is 0 Å². The summed E-state index contributed by atoms with van der Waals surface area (Å²) in [6.45, 7) is 13.1. The van der Waals surface area contributed by atoms with Crippen molar-refractivity contribution in [2.75, 3.05) is 32.8 Å². The molecule has 1 amide bonds. The topological polar surface area (TPSA) is 74.4 Å². The lowest BCUT2D eigenvalue weighted by Crippen LogP contribution is -2.35. The Bertz CT molecular complexity index is 519. The molecule has 22 heavy (non-hydrogen) atoms. The molecule has 0 saturated heterocycles. The van der Waals surface area contributed by atoms with Crippen LogP contribution in [0.2, 0.25) is 0 Å². The van der Waals surface area contributed by atoms with E-state index in [4.69, 9.17) is 4.74 Å². The van der Waals surface area contributed by atoms with E-state index in [1.807, 2.05) is 0 Å². The molecule has 0 aliphatic rings. The quantitative estimate of drug-likeness (QED) is 0.719. The largest absolute Gasteiger partial charge is 0.462 e. The maximum Gasteiger partial charge on any atom is 0.340 e. The second-order valence-electron chi connectivity index (χ2n) is 5.13. The highest BCUT2D eigenvalue weighted by atomic mass is 16.5. The summed E-state index contributed by atoms with van der Waals surface area (Å²) in [4.78, 5) is 29.4. The van der Waals surface area contributed by atoms with Gasteiger partial charge in [-0.05, 0) is 39.4 Å². The van der Waals surface area contributed by atoms with Gasteiger partial charge in [0.25, 0.3) is 5.91 Å². The molecule has 0 atom stereocenters. The first-order chi connectivity index (χ1) is 10.5. The summed E-state index contributed by atoms with van der Waals surface area (Å²) in [5.41, 5.74) is 2.18. The maximum absolute atomic E-state index is 12.3. The van der Waals surface area contributed by atoms with Gasteiger partial charge >= 0.3 is 5.97 Å². The number of H-pyrrole nitrogens is 1. The summed E-state index contributed by atoms with van der Waals surface area (Å²) in [6, 6.07) is 0. The second-order valence-corrected chi connectivity index (χ2v) is 5.13. The van der Waals surface area contributed by atoms with Gasteiger partial charge in [0.1, 0.15) is 5.69 Å². The number of esters is 1. The lowest BCUT2D eigenvalue weighted by atomic mass is 10.1. The molecule has 0 spiro atoms. The summed E-state index contributed by atoms with van der Waals surface area (Å²) in [6.07, 6.45) is 0. The molecule has 2 N–H and O–H groups in total. The number of rotatable bonds is 8. The Balaban J connectivity index is 2.74. The van der Waals surface area contributed by atoms with Gasteiger partial charge in [-0.2, -0.15) is 0 Å². The molecule has 0 aliphatic carbocycles. The van der Waals surface area contributed by atoms with Crippen molar-refractivity contribution < 1.29 is 14.3 Å². The van der Waals surface area contributed by atoms with Crippen LogP contribution >= 0.6 is 0 Å². The number of ether oxygens (including phenoxy) is 1. The average molecular weight is 309 g/mol. The first-order valence-electron chi connectivity index (χ1n) is 7.82. The summed E-state index contributed by atoms with van der Waals surface area (Å²) < 4.78 is 5.03. The van der Waals surface area contributed by atoms with Crippen molar-refractivity contribution in [3.05, 3.63) is 22.5 Å². The Morgan fingerprint density at radius 3 is 2.36 bits per heavy atom. The highest BCUT2D eigenvalue weighted by Gasteiger charge is 2.22. The summed E-state index contributed by atoms with van der Waals surface area (Å²) in [5.74, 6) is -0.584. The third kappa shape index (κ3) is 4.34. The summed E-state index contributed by atoms with van der Waals surface area (Å²) in [5, 5.41) is 2.89. The second kappa shape index (κ2) is 8.58. The van der Waals surface area contributed by atoms with E-state index >= 15 is 0 Å². The van der Waals surface area contributed by atoms with Crippen LogP contribution in [0.25, 0.3) is 0 Å². The zero-order chi connectivity index (χ0) is 16.7. The van der Waals surface area contributed by atoms with Gasteiger partial charge in [0.05, 0.1) is 12.2 Å². The van der Waals surface area contributed by atoms with Gasteiger partial charge in [-0.3, -0.25) is 4.79 Å². The van der Waals surface area contributed by atoms with Crippen LogP contribution in [-0.4, -0.2) is 54.5 Å². The van der Waals surface area contributed by atoms with Crippen molar-refractivity contribution in [1.82, 2.24) is 15.2 Å². The van der Waals surface area contributed by atoms with Crippen molar-refractivity contribution in [2.45, 2.75) is 34.6 Å². The highest BCUT2D eigenvalue weighted by Crippen LogP contribution is 2.18. The molecule has 0 unspecified atom stereocenters. The number of carbonyl (C=O) groups is 2. The predicted molar refractivity (Wildman–Crippen MR) is 86.3 cm³/mol. The standard InChI is InChI=1S/C16H27N3O3/c1-6-19(7-2)10-9-17-15(20)14-11(4)13(12(5)18-14)16(21)22-8-3/h18H,6-10H2,1-5H3,(H,17,20). The SMILES string of the molecule is CCOC(=O)c1c(C)[nH]c(C(=O)NCCN(CC)CC)c1C. The maximum atomic E-state index is 12.3. The van der Waals surface area contributed by atoms with E-state index in [0.717, 1.165) is 19.6 Å². The number of likely N-dealkylation sites (N-methyl/N-ethyl adjacent to an activating group) is 1. The number of hydrogen-bond acceptors (Lipinski definition) is 4. The number of carbonyl (C=O) groups excluding carboxylic acids is 2. The molecule has 6 heteroatoms. The zero-order valence-electron chi connectivity index (χ0n) is 14.2. The van der Waals surface area contributed by atoms with Gasteiger partial charge in [-0.1, -0.05) is 13.8 Å². The van der Waals surface area contributed by atoms with E-state index in [2.05, 4.69) is 29.0 Å². The molecule has 1 rings (SSSR count). The number of nitrogens with zero attached hydrogens (tertiary/aromatic N) is 1. The Morgan fingerprint density at radius 2 is 1.82 bits per heavy atom. The minimum Gasteiger partial charge on any atom is -0.462 e. The number of hydrogen-bond donors (Lipinski definition) is 2. The molecule has 0 aliphatic heterocycles. The lowest BCUT2D eigenvalue weighted by molar-refractivity contribution is 0.0525. The fraction of sp³-hybridized carbons (Fsp3) is 0.625. The van der Waals surface area contributed by atoms with Crippen LogP contribution in [0.4, 0.5) is 0 Å². The van der Waals surface area contributed by atoms with Gasteiger partial charge < -0.3 is 19.9 Å². The molecule has 1 aromatic rings. The van der Waals surface area contributed by atoms with E-state index in [1.54, 1.807) is 20.8 Å². The predicted octanol–water partition coefficient (Wildman–Crippen LogP) is 1.88. The molecule has 6 nitrogen and oxygen atoms in total. The highest BCUT2D eigenvalue weighted by molar-refractivity contribution is 6.00. The molecule has 124 valence electrons. The molecular formula is C16H27N3O3. The van der Waals surface area contributed by atoms with Crippen molar-refractivity contribution in [3.8, 4) is 0 Å². The monoisotopic (exact) mass is 309 g/mol. The Hall–Kier alpha value is -1.82. The molecule has 0 saturated carbocycles. The van der Waals surface area contributed by atoms with Crippen molar-refractivity contribution >= 4 is 11.9 Å². The average Bonchev–Trinajstić information content (AvgIpc) is 2.78. The zero-order valence-corrected chi connectivity index (χ0v) is 14.2. The molecule has 0 bridgehead atoms. The Kier molecular flexibility index (Phi) is 7.11. The van der Waals surface area contributed by atoms with E-state index in [0.29, 0.717) is 35.7 Å². The molecule has 1 aromatic heterocycles. The summed E-state index contributed by atoms with van der Waals surface area (Å²) in [7, 11) is 0. The van der Waals surface area contributed by atoms with Crippen molar-refractivity contribution in [1.29, 1.82) is 0 Å². The van der Waals surface area contributed by atoms with Crippen molar-refractivity contribution in [3.63, 3.8) is 0 Å². The van der Waals surface area contributed by atoms with E-state index in [-0.39, 0.29) is 5.91 Å². The molecular weight excluding hydrogens is 282 g/mol. The molecule has 0 radical (unpaired) electrons. The number of aromatic amines is 1. The first-order valence-corrected chi connectivity index (χ1v) is 7.82. The van der Waals surface area contributed by atoms with Gasteiger partial charge in [-0.25, -0.2) is 4.79 Å². The van der Waals surface area contributed by atoms with Crippen LogP contribution in [0.5, 0.6) is 0 Å². The van der Waals surface area contributed by atoms with Crippen LogP contribution in [0.3, 0.4) is 0 Å². The molecule has 1 heterocycles. The van der Waals surface area contributed by atoms with Gasteiger partial charge in [0, 0.05) is 18.8 Å². The van der Waals surface area contributed by atoms with Crippen LogP contribution in [0, 0.1) is 13.8 Å². The molecule has 0 aromatic carbocycles. The minimum absolute atomic E-state index is 0.191. The van der Waals surface area contributed by atoms with Crippen LogP contribution < -0.4 is 5.32 Å². The van der Waals surface area contributed by atoms with Gasteiger partial charge in [0.2, 0.25) is 0 Å².